The van der Waals surface area contributed by atoms with Crippen molar-refractivity contribution in [2.45, 2.75) is 0 Å². The molecule has 0 unspecified atom stereocenters. The summed E-state index contributed by atoms with van der Waals surface area (Å²) in [5, 5.41) is 23.3. The summed E-state index contributed by atoms with van der Waals surface area (Å²) in [7, 11) is 0. The van der Waals surface area contributed by atoms with E-state index in [4.69, 9.17) is 6.57 Å². The first kappa shape index (κ1) is 25.1. The number of rotatable bonds is 3. The van der Waals surface area contributed by atoms with Crippen molar-refractivity contribution in [2.24, 2.45) is 0 Å². The number of nitriles is 2. The monoisotopic (exact) mass is 559 g/mol. The lowest BCUT2D eigenvalue weighted by molar-refractivity contribution is 1.17. The number of aromatic nitrogens is 2. The Kier molecular flexibility index (Phi) is 5.56. The molecule has 0 aliphatic heterocycles. The molecule has 8 aromatic rings. The Morgan fingerprint density at radius 1 is 0.523 bits per heavy atom. The Hall–Kier alpha value is -6.61. The summed E-state index contributed by atoms with van der Waals surface area (Å²) in [5.74, 6) is 0. The van der Waals surface area contributed by atoms with Crippen LogP contribution in [-0.4, -0.2) is 9.13 Å². The van der Waals surface area contributed by atoms with E-state index in [0.29, 0.717) is 16.8 Å². The van der Waals surface area contributed by atoms with Crippen molar-refractivity contribution in [3.8, 4) is 34.6 Å². The van der Waals surface area contributed by atoms with E-state index in [0.717, 1.165) is 66.1 Å². The van der Waals surface area contributed by atoms with Crippen molar-refractivity contribution in [3.05, 3.63) is 150 Å². The van der Waals surface area contributed by atoms with Gasteiger partial charge in [-0.2, -0.15) is 10.5 Å². The number of benzene rings is 6. The number of fused-ring (bicyclic) bond motifs is 6. The molecule has 0 spiro atoms. The minimum Gasteiger partial charge on any atom is -0.309 e. The molecule has 5 nitrogen and oxygen atoms in total. The molecule has 5 heteroatoms. The van der Waals surface area contributed by atoms with Crippen LogP contribution in [0.5, 0.6) is 0 Å². The van der Waals surface area contributed by atoms with Crippen molar-refractivity contribution in [3.63, 3.8) is 0 Å². The van der Waals surface area contributed by atoms with E-state index in [1.54, 1.807) is 0 Å². The molecule has 0 saturated carbocycles. The van der Waals surface area contributed by atoms with Crippen LogP contribution >= 0.6 is 0 Å². The number of nitrogens with zero attached hydrogens (tertiary/aromatic N) is 5. The van der Waals surface area contributed by atoms with Gasteiger partial charge in [-0.25, -0.2) is 4.85 Å². The van der Waals surface area contributed by atoms with Gasteiger partial charge in [-0.3, -0.25) is 0 Å². The Balaban J connectivity index is 1.49. The van der Waals surface area contributed by atoms with Crippen molar-refractivity contribution < 1.29 is 0 Å². The minimum absolute atomic E-state index is 0.587. The Bertz CT molecular complexity index is 2580. The van der Waals surface area contributed by atoms with E-state index < -0.39 is 0 Å². The van der Waals surface area contributed by atoms with Gasteiger partial charge in [-0.15, -0.1) is 0 Å². The van der Waals surface area contributed by atoms with Gasteiger partial charge in [0.05, 0.1) is 57.6 Å². The molecule has 2 heterocycles. The van der Waals surface area contributed by atoms with Gasteiger partial charge < -0.3 is 9.13 Å². The molecule has 8 rings (SSSR count). The Morgan fingerprint density at radius 3 is 1.98 bits per heavy atom. The number of para-hydroxylation sites is 3. The topological polar surface area (TPSA) is 61.8 Å². The van der Waals surface area contributed by atoms with Crippen molar-refractivity contribution in [1.82, 2.24) is 9.13 Å². The minimum atomic E-state index is 0.587. The summed E-state index contributed by atoms with van der Waals surface area (Å²) in [6.07, 6.45) is 0. The number of hydrogen-bond donors (Lipinski definition) is 0. The van der Waals surface area contributed by atoms with Gasteiger partial charge in [-0.05, 0) is 72.1 Å². The van der Waals surface area contributed by atoms with Crippen LogP contribution < -0.4 is 0 Å². The molecular weight excluding hydrogens is 538 g/mol. The summed E-state index contributed by atoms with van der Waals surface area (Å²) >= 11 is 0. The van der Waals surface area contributed by atoms with Crippen LogP contribution in [0.1, 0.15) is 11.1 Å². The highest BCUT2D eigenvalue weighted by molar-refractivity contribution is 6.16. The van der Waals surface area contributed by atoms with Gasteiger partial charge in [-0.1, -0.05) is 60.7 Å². The second-order valence-electron chi connectivity index (χ2n) is 10.7. The second-order valence-corrected chi connectivity index (χ2v) is 10.7. The molecule has 6 aromatic carbocycles. The van der Waals surface area contributed by atoms with Gasteiger partial charge in [0.25, 0.3) is 0 Å². The molecule has 0 bridgehead atoms. The molecular formula is C39H21N5. The summed E-state index contributed by atoms with van der Waals surface area (Å²) in [6.45, 7) is 7.65. The summed E-state index contributed by atoms with van der Waals surface area (Å²) in [4.78, 5) is 3.71. The SMILES string of the molecule is [C-]#[N+]c1ccc2c(c1)c1cccc(-c3ccccc3-n3c4ccccc4c4cc(C#N)ccc43)c1n2-c1ccc(C#N)cc1. The summed E-state index contributed by atoms with van der Waals surface area (Å²) < 4.78 is 4.52. The largest absolute Gasteiger partial charge is 0.309 e. The maximum atomic E-state index is 9.64. The first-order valence-electron chi connectivity index (χ1n) is 14.2. The van der Waals surface area contributed by atoms with Gasteiger partial charge in [0.15, 0.2) is 5.69 Å². The molecule has 202 valence electrons. The van der Waals surface area contributed by atoms with Crippen molar-refractivity contribution >= 4 is 49.3 Å². The van der Waals surface area contributed by atoms with Crippen LogP contribution in [0, 0.1) is 29.2 Å². The smallest absolute Gasteiger partial charge is 0.188 e. The van der Waals surface area contributed by atoms with Crippen molar-refractivity contribution in [2.75, 3.05) is 0 Å². The summed E-state index contributed by atoms with van der Waals surface area (Å²) in [5.41, 5.74) is 9.97. The third-order valence-electron chi connectivity index (χ3n) is 8.39. The zero-order valence-electron chi connectivity index (χ0n) is 23.4. The zero-order valence-corrected chi connectivity index (χ0v) is 23.4. The molecule has 0 aliphatic rings. The zero-order chi connectivity index (χ0) is 29.8. The van der Waals surface area contributed by atoms with Crippen molar-refractivity contribution in [1.29, 1.82) is 10.5 Å². The van der Waals surface area contributed by atoms with Crippen LogP contribution in [-0.2, 0) is 0 Å². The standard InChI is InChI=1S/C39H21N5/c1-42-27-16-20-37-34(22-27)32-10-6-9-31(39(32)43(37)28-17-13-25(23-40)14-18-28)29-7-2-4-11-35(29)44-36-12-5-3-8-30(36)33-21-26(24-41)15-19-38(33)44/h2-22H. The molecule has 0 aliphatic carbocycles. The van der Waals surface area contributed by atoms with Crippen LogP contribution in [0.25, 0.3) is 71.0 Å². The van der Waals surface area contributed by atoms with Crippen LogP contribution in [0.2, 0.25) is 0 Å². The highest BCUT2D eigenvalue weighted by Crippen LogP contribution is 2.42. The number of hydrogen-bond acceptors (Lipinski definition) is 2. The molecule has 44 heavy (non-hydrogen) atoms. The van der Waals surface area contributed by atoms with E-state index in [-0.39, 0.29) is 0 Å². The van der Waals surface area contributed by atoms with Crippen LogP contribution in [0.4, 0.5) is 5.69 Å². The first-order chi connectivity index (χ1) is 21.7. The lowest BCUT2D eigenvalue weighted by Crippen LogP contribution is -1.99. The first-order valence-corrected chi connectivity index (χ1v) is 14.2. The van der Waals surface area contributed by atoms with Crippen LogP contribution in [0.3, 0.4) is 0 Å². The molecule has 0 radical (unpaired) electrons. The predicted octanol–water partition coefficient (Wildman–Crippen LogP) is 9.84. The molecule has 0 atom stereocenters. The third kappa shape index (κ3) is 3.63. The predicted molar refractivity (Wildman–Crippen MR) is 176 cm³/mol. The molecule has 0 saturated heterocycles. The average Bonchev–Trinajstić information content (AvgIpc) is 3.60. The quantitative estimate of drug-likeness (QED) is 0.202. The van der Waals surface area contributed by atoms with E-state index in [1.807, 2.05) is 72.8 Å². The van der Waals surface area contributed by atoms with Gasteiger partial charge in [0, 0.05) is 33.0 Å². The molecule has 0 fully saturated rings. The second kappa shape index (κ2) is 9.74. The Morgan fingerprint density at radius 2 is 1.16 bits per heavy atom. The fourth-order valence-corrected chi connectivity index (χ4v) is 6.50. The molecule has 2 aromatic heterocycles. The highest BCUT2D eigenvalue weighted by Gasteiger charge is 2.21. The maximum Gasteiger partial charge on any atom is 0.188 e. The molecule has 0 N–H and O–H groups in total. The van der Waals surface area contributed by atoms with Gasteiger partial charge >= 0.3 is 0 Å². The van der Waals surface area contributed by atoms with E-state index in [9.17, 15) is 10.5 Å². The van der Waals surface area contributed by atoms with Crippen LogP contribution in [0.15, 0.2) is 127 Å². The van der Waals surface area contributed by atoms with Gasteiger partial charge in [0.2, 0.25) is 0 Å². The molecule has 0 amide bonds. The fourth-order valence-electron chi connectivity index (χ4n) is 6.50. The van der Waals surface area contributed by atoms with E-state index in [2.05, 4.69) is 80.7 Å². The maximum absolute atomic E-state index is 9.64. The Labute approximate surface area is 253 Å². The highest BCUT2D eigenvalue weighted by atomic mass is 15.0. The van der Waals surface area contributed by atoms with E-state index in [1.165, 1.54) is 0 Å². The average molecular weight is 560 g/mol. The lowest BCUT2D eigenvalue weighted by Gasteiger charge is -2.17. The van der Waals surface area contributed by atoms with Gasteiger partial charge in [0.1, 0.15) is 0 Å². The fraction of sp³-hybridized carbons (Fsp3) is 0. The normalized spacial score (nSPS) is 11.1. The summed E-state index contributed by atoms with van der Waals surface area (Å²) in [6, 6.07) is 46.9. The van der Waals surface area contributed by atoms with E-state index >= 15 is 0 Å². The third-order valence-corrected chi connectivity index (χ3v) is 8.39. The lowest BCUT2D eigenvalue weighted by atomic mass is 9.99.